The molecular weight excluding hydrogens is 215 g/mol. The van der Waals surface area contributed by atoms with Crippen molar-refractivity contribution in [3.05, 3.63) is 35.6 Å². The number of nitrogens with zero attached hydrogens (tertiary/aromatic N) is 1. The Kier molecular flexibility index (Phi) is 5.09. The smallest absolute Gasteiger partial charge is 0.123 e. The Morgan fingerprint density at radius 2 is 2.06 bits per heavy atom. The molecular formula is C14H23FN2. The third-order valence-corrected chi connectivity index (χ3v) is 2.66. The van der Waals surface area contributed by atoms with Gasteiger partial charge in [-0.1, -0.05) is 19.1 Å². The summed E-state index contributed by atoms with van der Waals surface area (Å²) < 4.78 is 13.0. The molecule has 3 heteroatoms. The van der Waals surface area contributed by atoms with Gasteiger partial charge in [0.15, 0.2) is 0 Å². The van der Waals surface area contributed by atoms with E-state index in [0.717, 1.165) is 25.2 Å². The third-order valence-electron chi connectivity index (χ3n) is 2.66. The van der Waals surface area contributed by atoms with Gasteiger partial charge in [-0.05, 0) is 45.1 Å². The summed E-state index contributed by atoms with van der Waals surface area (Å²) in [5, 5.41) is 3.43. The van der Waals surface area contributed by atoms with Crippen LogP contribution in [-0.4, -0.2) is 30.6 Å². The van der Waals surface area contributed by atoms with Gasteiger partial charge >= 0.3 is 0 Å². The first-order valence-corrected chi connectivity index (χ1v) is 6.11. The first-order valence-electron chi connectivity index (χ1n) is 6.11. The van der Waals surface area contributed by atoms with Crippen molar-refractivity contribution in [2.45, 2.75) is 32.9 Å². The van der Waals surface area contributed by atoms with Gasteiger partial charge in [-0.2, -0.15) is 0 Å². The average Bonchev–Trinajstić information content (AvgIpc) is 2.15. The Morgan fingerprint density at radius 3 is 2.65 bits per heavy atom. The molecule has 0 unspecified atom stereocenters. The van der Waals surface area contributed by atoms with Gasteiger partial charge < -0.3 is 10.2 Å². The minimum atomic E-state index is -0.165. The zero-order chi connectivity index (χ0) is 12.9. The van der Waals surface area contributed by atoms with Crippen LogP contribution in [0.25, 0.3) is 0 Å². The first-order chi connectivity index (χ1) is 7.93. The molecule has 0 aliphatic carbocycles. The summed E-state index contributed by atoms with van der Waals surface area (Å²) >= 11 is 0. The first kappa shape index (κ1) is 14.1. The number of nitrogens with one attached hydrogen (secondary N) is 1. The molecule has 17 heavy (non-hydrogen) atoms. The number of hydrogen-bond donors (Lipinski definition) is 1. The molecule has 0 saturated heterocycles. The van der Waals surface area contributed by atoms with Gasteiger partial charge in [-0.25, -0.2) is 4.39 Å². The second-order valence-electron chi connectivity index (χ2n) is 5.22. The molecule has 0 spiro atoms. The van der Waals surface area contributed by atoms with Crippen LogP contribution in [0.4, 0.5) is 4.39 Å². The van der Waals surface area contributed by atoms with Gasteiger partial charge in [-0.3, -0.25) is 0 Å². The van der Waals surface area contributed by atoms with Crippen LogP contribution in [0.15, 0.2) is 24.3 Å². The molecule has 0 radical (unpaired) electrons. The van der Waals surface area contributed by atoms with Crippen LogP contribution in [0.1, 0.15) is 26.3 Å². The summed E-state index contributed by atoms with van der Waals surface area (Å²) in [6, 6.07) is 6.79. The minimum Gasteiger partial charge on any atom is -0.311 e. The van der Waals surface area contributed by atoms with Crippen LogP contribution >= 0.6 is 0 Å². The quantitative estimate of drug-likeness (QED) is 0.819. The lowest BCUT2D eigenvalue weighted by molar-refractivity contribution is 0.231. The fourth-order valence-corrected chi connectivity index (χ4v) is 2.21. The predicted octanol–water partition coefficient (Wildman–Crippen LogP) is 2.65. The molecule has 0 fully saturated rings. The molecule has 0 heterocycles. The maximum Gasteiger partial charge on any atom is 0.123 e. The largest absolute Gasteiger partial charge is 0.311 e. The standard InChI is InChI=1S/C14H23FN2/c1-5-16-14(2,3)11-17(4)10-12-7-6-8-13(15)9-12/h6-9,16H,5,10-11H2,1-4H3. The number of likely N-dealkylation sites (N-methyl/N-ethyl adjacent to an activating group) is 2. The highest BCUT2D eigenvalue weighted by Gasteiger charge is 2.18. The van der Waals surface area contributed by atoms with E-state index in [-0.39, 0.29) is 11.4 Å². The molecule has 1 aromatic rings. The molecule has 0 aromatic heterocycles. The van der Waals surface area contributed by atoms with Crippen LogP contribution in [0.3, 0.4) is 0 Å². The van der Waals surface area contributed by atoms with Gasteiger partial charge in [0.05, 0.1) is 0 Å². The molecule has 0 aliphatic rings. The molecule has 0 amide bonds. The SMILES string of the molecule is CCNC(C)(C)CN(C)Cc1cccc(F)c1. The fourth-order valence-electron chi connectivity index (χ4n) is 2.21. The lowest BCUT2D eigenvalue weighted by Crippen LogP contribution is -2.47. The summed E-state index contributed by atoms with van der Waals surface area (Å²) in [4.78, 5) is 2.21. The van der Waals surface area contributed by atoms with Crippen molar-refractivity contribution in [3.63, 3.8) is 0 Å². The lowest BCUT2D eigenvalue weighted by atomic mass is 10.0. The highest BCUT2D eigenvalue weighted by atomic mass is 19.1. The summed E-state index contributed by atoms with van der Waals surface area (Å²) in [7, 11) is 2.06. The molecule has 1 aromatic carbocycles. The van der Waals surface area contributed by atoms with E-state index in [1.54, 1.807) is 12.1 Å². The van der Waals surface area contributed by atoms with E-state index in [1.165, 1.54) is 6.07 Å². The molecule has 2 nitrogen and oxygen atoms in total. The van der Waals surface area contributed by atoms with Gasteiger partial charge in [0.25, 0.3) is 0 Å². The second-order valence-corrected chi connectivity index (χ2v) is 5.22. The summed E-state index contributed by atoms with van der Waals surface area (Å²) in [6.07, 6.45) is 0. The summed E-state index contributed by atoms with van der Waals surface area (Å²) in [5.74, 6) is -0.165. The fraction of sp³-hybridized carbons (Fsp3) is 0.571. The molecule has 1 rings (SSSR count). The zero-order valence-corrected chi connectivity index (χ0v) is 11.3. The van der Waals surface area contributed by atoms with Crippen molar-refractivity contribution in [1.82, 2.24) is 10.2 Å². The molecule has 0 atom stereocenters. The average molecular weight is 238 g/mol. The molecule has 0 aliphatic heterocycles. The van der Waals surface area contributed by atoms with E-state index in [0.29, 0.717) is 0 Å². The van der Waals surface area contributed by atoms with E-state index in [1.807, 2.05) is 6.07 Å². The van der Waals surface area contributed by atoms with Gasteiger partial charge in [0.1, 0.15) is 5.82 Å². The van der Waals surface area contributed by atoms with E-state index >= 15 is 0 Å². The Bertz CT molecular complexity index is 350. The Morgan fingerprint density at radius 1 is 1.35 bits per heavy atom. The van der Waals surface area contributed by atoms with Crippen molar-refractivity contribution in [1.29, 1.82) is 0 Å². The predicted molar refractivity (Wildman–Crippen MR) is 70.5 cm³/mol. The van der Waals surface area contributed by atoms with Crippen molar-refractivity contribution >= 4 is 0 Å². The number of halogens is 1. The van der Waals surface area contributed by atoms with Crippen LogP contribution < -0.4 is 5.32 Å². The van der Waals surface area contributed by atoms with Crippen LogP contribution in [0, 0.1) is 5.82 Å². The van der Waals surface area contributed by atoms with Crippen molar-refractivity contribution in [2.75, 3.05) is 20.1 Å². The van der Waals surface area contributed by atoms with E-state index in [4.69, 9.17) is 0 Å². The Hall–Kier alpha value is -0.930. The zero-order valence-electron chi connectivity index (χ0n) is 11.3. The van der Waals surface area contributed by atoms with E-state index in [2.05, 4.69) is 38.0 Å². The molecule has 96 valence electrons. The maximum atomic E-state index is 13.0. The van der Waals surface area contributed by atoms with Gasteiger partial charge in [-0.15, -0.1) is 0 Å². The molecule has 0 bridgehead atoms. The topological polar surface area (TPSA) is 15.3 Å². The lowest BCUT2D eigenvalue weighted by Gasteiger charge is -2.31. The molecule has 0 saturated carbocycles. The summed E-state index contributed by atoms with van der Waals surface area (Å²) in [6.45, 7) is 9.12. The summed E-state index contributed by atoms with van der Waals surface area (Å²) in [5.41, 5.74) is 1.09. The number of rotatable bonds is 6. The normalized spacial score (nSPS) is 12.1. The van der Waals surface area contributed by atoms with Crippen LogP contribution in [0.2, 0.25) is 0 Å². The van der Waals surface area contributed by atoms with Gasteiger partial charge in [0, 0.05) is 18.6 Å². The van der Waals surface area contributed by atoms with Crippen LogP contribution in [0.5, 0.6) is 0 Å². The Balaban J connectivity index is 2.52. The van der Waals surface area contributed by atoms with Crippen molar-refractivity contribution in [2.24, 2.45) is 0 Å². The number of benzene rings is 1. The highest BCUT2D eigenvalue weighted by molar-refractivity contribution is 5.16. The number of hydrogen-bond acceptors (Lipinski definition) is 2. The Labute approximate surface area is 104 Å². The van der Waals surface area contributed by atoms with Crippen molar-refractivity contribution in [3.8, 4) is 0 Å². The highest BCUT2D eigenvalue weighted by Crippen LogP contribution is 2.09. The minimum absolute atomic E-state index is 0.0802. The van der Waals surface area contributed by atoms with Gasteiger partial charge in [0.2, 0.25) is 0 Å². The van der Waals surface area contributed by atoms with Crippen LogP contribution in [-0.2, 0) is 6.54 Å². The second kappa shape index (κ2) is 6.12. The van der Waals surface area contributed by atoms with E-state index in [9.17, 15) is 4.39 Å². The maximum absolute atomic E-state index is 13.0. The monoisotopic (exact) mass is 238 g/mol. The van der Waals surface area contributed by atoms with Crippen molar-refractivity contribution < 1.29 is 4.39 Å². The van der Waals surface area contributed by atoms with E-state index < -0.39 is 0 Å². The third kappa shape index (κ3) is 5.29. The molecule has 1 N–H and O–H groups in total.